The molecule has 1 N–H and O–H groups in total. The van der Waals surface area contributed by atoms with Crippen LogP contribution >= 0.6 is 0 Å². The second kappa shape index (κ2) is 4.97. The van der Waals surface area contributed by atoms with Crippen molar-refractivity contribution in [3.8, 4) is 0 Å². The third-order valence-electron chi connectivity index (χ3n) is 3.84. The maximum Gasteiger partial charge on any atom is 0.236 e. The van der Waals surface area contributed by atoms with Crippen LogP contribution in [-0.4, -0.2) is 36.5 Å². The fraction of sp³-hybridized carbons (Fsp3) is 0.917. The standard InChI is InChI=1S/C12H22N2O/c1-2-13-9-12(15)14-8-4-6-10-5-3-7-11(10)14/h10-11,13H,2-9H2,1H3. The van der Waals surface area contributed by atoms with Gasteiger partial charge in [-0.05, 0) is 38.1 Å². The highest BCUT2D eigenvalue weighted by atomic mass is 16.2. The third-order valence-corrected chi connectivity index (χ3v) is 3.84. The molecule has 2 fully saturated rings. The van der Waals surface area contributed by atoms with E-state index in [-0.39, 0.29) is 0 Å². The Balaban J connectivity index is 1.92. The van der Waals surface area contributed by atoms with E-state index in [0.717, 1.165) is 19.0 Å². The van der Waals surface area contributed by atoms with Gasteiger partial charge >= 0.3 is 0 Å². The van der Waals surface area contributed by atoms with Gasteiger partial charge in [0.25, 0.3) is 0 Å². The first kappa shape index (κ1) is 10.9. The molecule has 1 aliphatic heterocycles. The van der Waals surface area contributed by atoms with Gasteiger partial charge in [0.2, 0.25) is 5.91 Å². The van der Waals surface area contributed by atoms with Crippen LogP contribution in [0.2, 0.25) is 0 Å². The van der Waals surface area contributed by atoms with Crippen LogP contribution in [0.5, 0.6) is 0 Å². The molecule has 3 heteroatoms. The monoisotopic (exact) mass is 210 g/mol. The molecule has 1 aliphatic carbocycles. The molecule has 1 amide bonds. The van der Waals surface area contributed by atoms with Crippen LogP contribution < -0.4 is 5.32 Å². The van der Waals surface area contributed by atoms with E-state index in [1.54, 1.807) is 0 Å². The van der Waals surface area contributed by atoms with Gasteiger partial charge in [-0.3, -0.25) is 4.79 Å². The van der Waals surface area contributed by atoms with Crippen molar-refractivity contribution >= 4 is 5.91 Å². The van der Waals surface area contributed by atoms with Gasteiger partial charge in [0.05, 0.1) is 6.54 Å². The van der Waals surface area contributed by atoms with Crippen LogP contribution in [0.3, 0.4) is 0 Å². The van der Waals surface area contributed by atoms with E-state index >= 15 is 0 Å². The summed E-state index contributed by atoms with van der Waals surface area (Å²) in [5.41, 5.74) is 0. The zero-order valence-corrected chi connectivity index (χ0v) is 9.67. The molecule has 2 unspecified atom stereocenters. The Kier molecular flexibility index (Phi) is 3.62. The summed E-state index contributed by atoms with van der Waals surface area (Å²) in [5, 5.41) is 3.13. The Bertz CT molecular complexity index is 230. The van der Waals surface area contributed by atoms with Crippen molar-refractivity contribution in [3.63, 3.8) is 0 Å². The quantitative estimate of drug-likeness (QED) is 0.763. The maximum absolute atomic E-state index is 12.0. The van der Waals surface area contributed by atoms with E-state index in [9.17, 15) is 4.79 Å². The maximum atomic E-state index is 12.0. The number of carbonyl (C=O) groups excluding carboxylic acids is 1. The summed E-state index contributed by atoms with van der Waals surface area (Å²) >= 11 is 0. The number of piperidine rings is 1. The predicted molar refractivity (Wildman–Crippen MR) is 60.6 cm³/mol. The minimum atomic E-state index is 0.313. The lowest BCUT2D eigenvalue weighted by molar-refractivity contribution is -0.134. The normalized spacial score (nSPS) is 30.3. The zero-order chi connectivity index (χ0) is 10.7. The van der Waals surface area contributed by atoms with Crippen molar-refractivity contribution in [2.24, 2.45) is 5.92 Å². The number of hydrogen-bond donors (Lipinski definition) is 1. The van der Waals surface area contributed by atoms with Gasteiger partial charge in [0, 0.05) is 12.6 Å². The van der Waals surface area contributed by atoms with Crippen LogP contribution in [0.25, 0.3) is 0 Å². The molecular formula is C12H22N2O. The zero-order valence-electron chi connectivity index (χ0n) is 9.67. The van der Waals surface area contributed by atoms with E-state index in [0.29, 0.717) is 18.5 Å². The minimum absolute atomic E-state index is 0.313. The molecule has 1 saturated carbocycles. The molecule has 2 atom stereocenters. The first-order valence-corrected chi connectivity index (χ1v) is 6.33. The van der Waals surface area contributed by atoms with Crippen molar-refractivity contribution in [1.82, 2.24) is 10.2 Å². The molecule has 1 heterocycles. The van der Waals surface area contributed by atoms with E-state index in [4.69, 9.17) is 0 Å². The molecule has 2 rings (SSSR count). The summed E-state index contributed by atoms with van der Waals surface area (Å²) in [5.74, 6) is 1.12. The lowest BCUT2D eigenvalue weighted by Crippen LogP contribution is -2.49. The van der Waals surface area contributed by atoms with Gasteiger partial charge in [-0.25, -0.2) is 0 Å². The number of rotatable bonds is 3. The first-order valence-electron chi connectivity index (χ1n) is 6.33. The number of likely N-dealkylation sites (N-methyl/N-ethyl adjacent to an activating group) is 1. The molecule has 0 spiro atoms. The molecule has 0 radical (unpaired) electrons. The lowest BCUT2D eigenvalue weighted by atomic mass is 9.92. The van der Waals surface area contributed by atoms with Gasteiger partial charge in [0.1, 0.15) is 0 Å². The summed E-state index contributed by atoms with van der Waals surface area (Å²) in [7, 11) is 0. The van der Waals surface area contributed by atoms with E-state index < -0.39 is 0 Å². The number of nitrogens with one attached hydrogen (secondary N) is 1. The summed E-state index contributed by atoms with van der Waals surface area (Å²) in [6, 6.07) is 0.574. The SMILES string of the molecule is CCNCC(=O)N1CCCC2CCCC21. The van der Waals surface area contributed by atoms with Crippen LogP contribution in [0, 0.1) is 5.92 Å². The minimum Gasteiger partial charge on any atom is -0.338 e. The topological polar surface area (TPSA) is 32.3 Å². The van der Waals surface area contributed by atoms with Crippen molar-refractivity contribution in [2.45, 2.75) is 45.1 Å². The summed E-state index contributed by atoms with van der Waals surface area (Å²) in [6.07, 6.45) is 6.45. The van der Waals surface area contributed by atoms with E-state index in [1.807, 2.05) is 6.92 Å². The van der Waals surface area contributed by atoms with Gasteiger partial charge in [-0.2, -0.15) is 0 Å². The molecule has 1 saturated heterocycles. The Labute approximate surface area is 92.2 Å². The van der Waals surface area contributed by atoms with Gasteiger partial charge in [-0.1, -0.05) is 13.3 Å². The van der Waals surface area contributed by atoms with Crippen molar-refractivity contribution in [1.29, 1.82) is 0 Å². The molecule has 3 nitrogen and oxygen atoms in total. The molecule has 0 aromatic carbocycles. The Hall–Kier alpha value is -0.570. The number of fused-ring (bicyclic) bond motifs is 1. The first-order chi connectivity index (χ1) is 7.33. The largest absolute Gasteiger partial charge is 0.338 e. The van der Waals surface area contributed by atoms with Gasteiger partial charge in [0.15, 0.2) is 0 Å². The molecule has 2 aliphatic rings. The average Bonchev–Trinajstić information content (AvgIpc) is 2.73. The highest BCUT2D eigenvalue weighted by molar-refractivity contribution is 5.78. The molecule has 0 bridgehead atoms. The summed E-state index contributed by atoms with van der Waals surface area (Å²) < 4.78 is 0. The van der Waals surface area contributed by atoms with E-state index in [1.165, 1.54) is 32.1 Å². The van der Waals surface area contributed by atoms with Crippen molar-refractivity contribution < 1.29 is 4.79 Å². The number of likely N-dealkylation sites (tertiary alicyclic amines) is 1. The molecule has 0 aromatic heterocycles. The predicted octanol–water partition coefficient (Wildman–Crippen LogP) is 1.39. The molecule has 86 valence electrons. The highest BCUT2D eigenvalue weighted by Gasteiger charge is 2.36. The number of nitrogens with zero attached hydrogens (tertiary/aromatic N) is 1. The van der Waals surface area contributed by atoms with Crippen LogP contribution in [0.1, 0.15) is 39.0 Å². The van der Waals surface area contributed by atoms with Crippen LogP contribution in [0.15, 0.2) is 0 Å². The number of hydrogen-bond acceptors (Lipinski definition) is 2. The van der Waals surface area contributed by atoms with Crippen LogP contribution in [-0.2, 0) is 4.79 Å². The fourth-order valence-corrected chi connectivity index (χ4v) is 3.10. The Morgan fingerprint density at radius 3 is 2.93 bits per heavy atom. The molecular weight excluding hydrogens is 188 g/mol. The number of amides is 1. The van der Waals surface area contributed by atoms with E-state index in [2.05, 4.69) is 10.2 Å². The Morgan fingerprint density at radius 1 is 1.33 bits per heavy atom. The number of carbonyl (C=O) groups is 1. The average molecular weight is 210 g/mol. The summed E-state index contributed by atoms with van der Waals surface area (Å²) in [4.78, 5) is 14.1. The summed E-state index contributed by atoms with van der Waals surface area (Å²) in [6.45, 7) is 4.45. The smallest absolute Gasteiger partial charge is 0.236 e. The van der Waals surface area contributed by atoms with Gasteiger partial charge < -0.3 is 10.2 Å². The van der Waals surface area contributed by atoms with Crippen LogP contribution in [0.4, 0.5) is 0 Å². The molecule has 15 heavy (non-hydrogen) atoms. The third kappa shape index (κ3) is 2.33. The highest BCUT2D eigenvalue weighted by Crippen LogP contribution is 2.36. The second-order valence-corrected chi connectivity index (χ2v) is 4.77. The second-order valence-electron chi connectivity index (χ2n) is 4.77. The molecule has 0 aromatic rings. The van der Waals surface area contributed by atoms with Crippen molar-refractivity contribution in [3.05, 3.63) is 0 Å². The lowest BCUT2D eigenvalue weighted by Gasteiger charge is -2.37. The van der Waals surface area contributed by atoms with Crippen molar-refractivity contribution in [2.75, 3.05) is 19.6 Å². The Morgan fingerprint density at radius 2 is 2.13 bits per heavy atom. The van der Waals surface area contributed by atoms with Gasteiger partial charge in [-0.15, -0.1) is 0 Å². The fourth-order valence-electron chi connectivity index (χ4n) is 3.10.